The minimum Gasteiger partial charge on any atom is -0.497 e. The number of nitrogens with one attached hydrogen (secondary N) is 2. The smallest absolute Gasteiger partial charge is 0.262 e. The van der Waals surface area contributed by atoms with Crippen molar-refractivity contribution in [3.63, 3.8) is 0 Å². The molecule has 0 radical (unpaired) electrons. The van der Waals surface area contributed by atoms with Gasteiger partial charge in [0.2, 0.25) is 0 Å². The largest absolute Gasteiger partial charge is 0.497 e. The van der Waals surface area contributed by atoms with Gasteiger partial charge in [0, 0.05) is 11.8 Å². The van der Waals surface area contributed by atoms with Gasteiger partial charge in [0.15, 0.2) is 0 Å². The lowest BCUT2D eigenvalue weighted by Gasteiger charge is -2.13. The number of ether oxygens (including phenoxy) is 2. The summed E-state index contributed by atoms with van der Waals surface area (Å²) in [6.07, 6.45) is 0. The van der Waals surface area contributed by atoms with E-state index in [9.17, 15) is 13.2 Å². The van der Waals surface area contributed by atoms with Crippen molar-refractivity contribution >= 4 is 38.9 Å². The van der Waals surface area contributed by atoms with Gasteiger partial charge in [0.1, 0.15) is 11.5 Å². The maximum Gasteiger partial charge on any atom is 0.262 e. The molecule has 3 rings (SSSR count). The first-order chi connectivity index (χ1) is 14.7. The van der Waals surface area contributed by atoms with Crippen molar-refractivity contribution in [3.8, 4) is 11.5 Å². The highest BCUT2D eigenvalue weighted by Gasteiger charge is 2.18. The number of sulfonamides is 1. The number of aryl methyl sites for hydroxylation is 1. The number of benzene rings is 3. The molecule has 0 bridgehead atoms. The fraction of sp³-hybridized carbons (Fsp3) is 0.136. The van der Waals surface area contributed by atoms with E-state index in [1.807, 2.05) is 6.92 Å². The monoisotopic (exact) mass is 460 g/mol. The molecule has 9 heteroatoms. The van der Waals surface area contributed by atoms with E-state index in [0.29, 0.717) is 27.8 Å². The summed E-state index contributed by atoms with van der Waals surface area (Å²) in [6.45, 7) is 1.88. The van der Waals surface area contributed by atoms with Crippen LogP contribution in [0.2, 0.25) is 5.02 Å². The highest BCUT2D eigenvalue weighted by molar-refractivity contribution is 7.92. The van der Waals surface area contributed by atoms with Crippen LogP contribution in [0.1, 0.15) is 15.9 Å². The molecule has 0 unspecified atom stereocenters. The molecule has 7 nitrogen and oxygen atoms in total. The molecule has 1 amide bonds. The van der Waals surface area contributed by atoms with Crippen LogP contribution < -0.4 is 19.5 Å². The van der Waals surface area contributed by atoms with Gasteiger partial charge in [-0.15, -0.1) is 0 Å². The van der Waals surface area contributed by atoms with Gasteiger partial charge in [-0.1, -0.05) is 17.7 Å². The fourth-order valence-electron chi connectivity index (χ4n) is 2.81. The Balaban J connectivity index is 1.76. The van der Waals surface area contributed by atoms with Crippen molar-refractivity contribution in [3.05, 3.63) is 76.8 Å². The summed E-state index contributed by atoms with van der Waals surface area (Å²) in [6, 6.07) is 15.7. The van der Waals surface area contributed by atoms with E-state index in [1.54, 1.807) is 36.4 Å². The van der Waals surface area contributed by atoms with Crippen molar-refractivity contribution < 1.29 is 22.7 Å². The maximum atomic E-state index is 12.8. The molecule has 3 aromatic rings. The van der Waals surface area contributed by atoms with Crippen molar-refractivity contribution in [2.75, 3.05) is 24.3 Å². The third kappa shape index (κ3) is 5.28. The van der Waals surface area contributed by atoms with E-state index in [-0.39, 0.29) is 16.5 Å². The first-order valence-corrected chi connectivity index (χ1v) is 11.0. The van der Waals surface area contributed by atoms with Gasteiger partial charge in [0.05, 0.1) is 35.4 Å². The number of methoxy groups -OCH3 is 2. The van der Waals surface area contributed by atoms with Crippen LogP contribution >= 0.6 is 11.6 Å². The molecule has 0 saturated heterocycles. The normalized spacial score (nSPS) is 11.0. The molecular formula is C22H21ClN2O5S. The molecule has 0 fully saturated rings. The Morgan fingerprint density at radius 3 is 2.26 bits per heavy atom. The SMILES string of the molecule is COc1ccc(NS(=O)(=O)c2ccc(NC(=O)c3ccc(C)cc3Cl)cc2)c(OC)c1. The minimum absolute atomic E-state index is 0.0248. The predicted molar refractivity (Wildman–Crippen MR) is 121 cm³/mol. The van der Waals surface area contributed by atoms with E-state index in [4.69, 9.17) is 21.1 Å². The number of halogens is 1. The van der Waals surface area contributed by atoms with Crippen LogP contribution in [0.15, 0.2) is 65.6 Å². The van der Waals surface area contributed by atoms with Crippen LogP contribution in [0.5, 0.6) is 11.5 Å². The summed E-state index contributed by atoms with van der Waals surface area (Å²) in [5, 5.41) is 3.05. The van der Waals surface area contributed by atoms with Gasteiger partial charge in [-0.2, -0.15) is 0 Å². The Hall–Kier alpha value is -3.23. The van der Waals surface area contributed by atoms with Gasteiger partial charge in [-0.25, -0.2) is 8.42 Å². The van der Waals surface area contributed by atoms with Crippen molar-refractivity contribution in [2.45, 2.75) is 11.8 Å². The molecule has 0 aliphatic heterocycles. The summed E-state index contributed by atoms with van der Waals surface area (Å²) in [5.74, 6) is 0.469. The van der Waals surface area contributed by atoms with Gasteiger partial charge < -0.3 is 14.8 Å². The summed E-state index contributed by atoms with van der Waals surface area (Å²) in [4.78, 5) is 12.5. The van der Waals surface area contributed by atoms with Crippen LogP contribution in [0.3, 0.4) is 0 Å². The molecule has 0 aliphatic carbocycles. The topological polar surface area (TPSA) is 93.7 Å². The lowest BCUT2D eigenvalue weighted by molar-refractivity contribution is 0.102. The van der Waals surface area contributed by atoms with Crippen LogP contribution in [0.25, 0.3) is 0 Å². The molecule has 0 aliphatic rings. The Kier molecular flexibility index (Phi) is 6.72. The second-order valence-electron chi connectivity index (χ2n) is 6.63. The summed E-state index contributed by atoms with van der Waals surface area (Å²) in [5.41, 5.74) is 1.98. The van der Waals surface area contributed by atoms with E-state index in [2.05, 4.69) is 10.0 Å². The van der Waals surface area contributed by atoms with Crippen molar-refractivity contribution in [2.24, 2.45) is 0 Å². The zero-order valence-electron chi connectivity index (χ0n) is 17.1. The number of carbonyl (C=O) groups is 1. The quantitative estimate of drug-likeness (QED) is 0.532. The molecule has 0 aromatic heterocycles. The van der Waals surface area contributed by atoms with Gasteiger partial charge in [-0.05, 0) is 61.0 Å². The zero-order chi connectivity index (χ0) is 22.6. The Bertz CT molecular complexity index is 1210. The third-order valence-electron chi connectivity index (χ3n) is 4.44. The average Bonchev–Trinajstić information content (AvgIpc) is 2.74. The summed E-state index contributed by atoms with van der Waals surface area (Å²) < 4.78 is 38.3. The van der Waals surface area contributed by atoms with E-state index in [1.165, 1.54) is 38.5 Å². The van der Waals surface area contributed by atoms with Crippen LogP contribution in [-0.2, 0) is 10.0 Å². The molecule has 162 valence electrons. The number of hydrogen-bond acceptors (Lipinski definition) is 5. The average molecular weight is 461 g/mol. The second kappa shape index (κ2) is 9.28. The van der Waals surface area contributed by atoms with Crippen molar-refractivity contribution in [1.29, 1.82) is 0 Å². The van der Waals surface area contributed by atoms with Gasteiger partial charge in [-0.3, -0.25) is 9.52 Å². The number of hydrogen-bond donors (Lipinski definition) is 2. The predicted octanol–water partition coefficient (Wildman–Crippen LogP) is 4.72. The molecule has 0 atom stereocenters. The lowest BCUT2D eigenvalue weighted by atomic mass is 10.1. The standard InChI is InChI=1S/C22H21ClN2O5S/c1-14-4-10-18(19(23)12-14)22(26)24-15-5-8-17(9-6-15)31(27,28)25-20-11-7-16(29-2)13-21(20)30-3/h4-13,25H,1-3H3,(H,24,26). The molecular weight excluding hydrogens is 440 g/mol. The van der Waals surface area contributed by atoms with Crippen LogP contribution in [0.4, 0.5) is 11.4 Å². The van der Waals surface area contributed by atoms with Gasteiger partial charge >= 0.3 is 0 Å². The van der Waals surface area contributed by atoms with Gasteiger partial charge in [0.25, 0.3) is 15.9 Å². The highest BCUT2D eigenvalue weighted by atomic mass is 35.5. The number of carbonyl (C=O) groups excluding carboxylic acids is 1. The Morgan fingerprint density at radius 1 is 0.935 bits per heavy atom. The van der Waals surface area contributed by atoms with Crippen molar-refractivity contribution in [1.82, 2.24) is 0 Å². The molecule has 2 N–H and O–H groups in total. The summed E-state index contributed by atoms with van der Waals surface area (Å²) in [7, 11) is -0.938. The fourth-order valence-corrected chi connectivity index (χ4v) is 4.20. The maximum absolute atomic E-state index is 12.8. The molecule has 3 aromatic carbocycles. The molecule has 0 spiro atoms. The Morgan fingerprint density at radius 2 is 1.65 bits per heavy atom. The van der Waals surface area contributed by atoms with E-state index < -0.39 is 10.0 Å². The molecule has 0 saturated carbocycles. The molecule has 31 heavy (non-hydrogen) atoms. The highest BCUT2D eigenvalue weighted by Crippen LogP contribution is 2.31. The number of amides is 1. The minimum atomic E-state index is -3.88. The number of rotatable bonds is 7. The third-order valence-corrected chi connectivity index (χ3v) is 6.14. The van der Waals surface area contributed by atoms with Crippen LogP contribution in [0, 0.1) is 6.92 Å². The van der Waals surface area contributed by atoms with E-state index >= 15 is 0 Å². The first-order valence-electron chi connectivity index (χ1n) is 9.16. The number of anilines is 2. The van der Waals surface area contributed by atoms with Crippen LogP contribution in [-0.4, -0.2) is 28.5 Å². The zero-order valence-corrected chi connectivity index (χ0v) is 18.7. The molecule has 0 heterocycles. The first kappa shape index (κ1) is 22.5. The van der Waals surface area contributed by atoms with E-state index in [0.717, 1.165) is 5.56 Å². The second-order valence-corrected chi connectivity index (χ2v) is 8.72. The lowest BCUT2D eigenvalue weighted by Crippen LogP contribution is -2.15. The Labute approximate surface area is 186 Å². The summed E-state index contributed by atoms with van der Waals surface area (Å²) >= 11 is 6.13.